The van der Waals surface area contributed by atoms with Gasteiger partial charge in [-0.1, -0.05) is 54.6 Å². The largest absolute Gasteiger partial charge is 0.309 e. The van der Waals surface area contributed by atoms with Crippen LogP contribution in [-0.4, -0.2) is 9.13 Å². The average Bonchev–Trinajstić information content (AvgIpc) is 3.44. The molecule has 5 heteroatoms. The Hall–Kier alpha value is -5.39. The van der Waals surface area contributed by atoms with Gasteiger partial charge >= 0.3 is 0 Å². The van der Waals surface area contributed by atoms with Gasteiger partial charge in [-0.3, -0.25) is 0 Å². The summed E-state index contributed by atoms with van der Waals surface area (Å²) in [5.41, 5.74) is 5.08. The number of hydrogen-bond donors (Lipinski definition) is 0. The quantitative estimate of drug-likeness (QED) is 0.256. The highest BCUT2D eigenvalue weighted by Gasteiger charge is 2.21. The van der Waals surface area contributed by atoms with Crippen LogP contribution < -0.4 is 0 Å². The highest BCUT2D eigenvalue weighted by atomic mass is 19.1. The summed E-state index contributed by atoms with van der Waals surface area (Å²) in [6.45, 7) is 0. The van der Waals surface area contributed by atoms with Crippen molar-refractivity contribution in [2.75, 3.05) is 0 Å². The van der Waals surface area contributed by atoms with E-state index in [9.17, 15) is 10.5 Å². The molecule has 37 heavy (non-hydrogen) atoms. The molecular weight excluding hydrogens is 459 g/mol. The van der Waals surface area contributed by atoms with E-state index in [2.05, 4.69) is 41.0 Å². The molecule has 0 saturated carbocycles. The molecule has 7 aromatic rings. The highest BCUT2D eigenvalue weighted by Crippen LogP contribution is 2.40. The Morgan fingerprint density at radius 1 is 0.541 bits per heavy atom. The smallest absolute Gasteiger partial charge is 0.160 e. The van der Waals surface area contributed by atoms with Crippen molar-refractivity contribution in [2.24, 2.45) is 0 Å². The monoisotopic (exact) mass is 476 g/mol. The zero-order valence-corrected chi connectivity index (χ0v) is 19.5. The van der Waals surface area contributed by atoms with Crippen molar-refractivity contribution in [1.29, 1.82) is 10.5 Å². The van der Waals surface area contributed by atoms with Gasteiger partial charge in [0.25, 0.3) is 0 Å². The summed E-state index contributed by atoms with van der Waals surface area (Å²) in [6.07, 6.45) is 0. The molecule has 0 spiro atoms. The van der Waals surface area contributed by atoms with Crippen molar-refractivity contribution in [2.45, 2.75) is 0 Å². The highest BCUT2D eigenvalue weighted by molar-refractivity contribution is 6.19. The van der Waals surface area contributed by atoms with E-state index in [1.165, 1.54) is 6.07 Å². The first-order valence-corrected chi connectivity index (χ1v) is 11.9. The first-order valence-electron chi connectivity index (χ1n) is 11.9. The van der Waals surface area contributed by atoms with Gasteiger partial charge in [0.15, 0.2) is 5.82 Å². The van der Waals surface area contributed by atoms with Crippen molar-refractivity contribution >= 4 is 43.6 Å². The van der Waals surface area contributed by atoms with Crippen LogP contribution in [0.15, 0.2) is 103 Å². The predicted molar refractivity (Wildman–Crippen MR) is 145 cm³/mol. The van der Waals surface area contributed by atoms with Crippen LogP contribution in [0.5, 0.6) is 0 Å². The van der Waals surface area contributed by atoms with Crippen LogP contribution >= 0.6 is 0 Å². The minimum absolute atomic E-state index is 0.144. The zero-order valence-electron chi connectivity index (χ0n) is 19.5. The lowest BCUT2D eigenvalue weighted by molar-refractivity contribution is 0.619. The Balaban J connectivity index is 1.68. The summed E-state index contributed by atoms with van der Waals surface area (Å²) >= 11 is 0. The van der Waals surface area contributed by atoms with E-state index in [1.807, 2.05) is 71.3 Å². The lowest BCUT2D eigenvalue weighted by atomic mass is 10.1. The van der Waals surface area contributed by atoms with Crippen LogP contribution in [0.25, 0.3) is 55.0 Å². The third-order valence-corrected chi connectivity index (χ3v) is 7.07. The molecular formula is C32H17FN4. The number of rotatable bonds is 2. The van der Waals surface area contributed by atoms with E-state index in [4.69, 9.17) is 0 Å². The molecule has 0 saturated heterocycles. The Morgan fingerprint density at radius 2 is 1.11 bits per heavy atom. The fourth-order valence-corrected chi connectivity index (χ4v) is 5.49. The van der Waals surface area contributed by atoms with Crippen molar-refractivity contribution in [3.05, 3.63) is 120 Å². The molecule has 0 fully saturated rings. The maximum absolute atomic E-state index is 15.1. The summed E-state index contributed by atoms with van der Waals surface area (Å²) in [7, 11) is 0. The van der Waals surface area contributed by atoms with Gasteiger partial charge in [0.2, 0.25) is 0 Å². The third kappa shape index (κ3) is 2.86. The Labute approximate surface area is 211 Å². The molecule has 2 aromatic heterocycles. The number of nitrogens with zero attached hydrogens (tertiary/aromatic N) is 4. The van der Waals surface area contributed by atoms with E-state index < -0.39 is 5.82 Å². The van der Waals surface area contributed by atoms with Crippen molar-refractivity contribution in [3.63, 3.8) is 0 Å². The number of nitriles is 2. The Morgan fingerprint density at radius 3 is 1.73 bits per heavy atom. The third-order valence-electron chi connectivity index (χ3n) is 7.07. The minimum atomic E-state index is -0.796. The molecule has 0 aliphatic heterocycles. The topological polar surface area (TPSA) is 57.4 Å². The van der Waals surface area contributed by atoms with Gasteiger partial charge in [0, 0.05) is 27.2 Å². The molecule has 0 N–H and O–H groups in total. The van der Waals surface area contributed by atoms with Crippen LogP contribution in [0.2, 0.25) is 0 Å². The van der Waals surface area contributed by atoms with E-state index in [0.717, 1.165) is 49.3 Å². The molecule has 4 nitrogen and oxygen atoms in total. The van der Waals surface area contributed by atoms with Crippen LogP contribution in [0.4, 0.5) is 4.39 Å². The Bertz CT molecular complexity index is 2120. The van der Waals surface area contributed by atoms with Crippen molar-refractivity contribution < 1.29 is 4.39 Å². The van der Waals surface area contributed by atoms with Crippen LogP contribution in [0.1, 0.15) is 11.1 Å². The van der Waals surface area contributed by atoms with E-state index in [1.54, 1.807) is 6.07 Å². The van der Waals surface area contributed by atoms with Crippen LogP contribution in [0.3, 0.4) is 0 Å². The number of para-hydroxylation sites is 3. The summed E-state index contributed by atoms with van der Waals surface area (Å²) < 4.78 is 19.3. The molecule has 7 rings (SSSR count). The molecule has 5 aromatic carbocycles. The lowest BCUT2D eigenvalue weighted by Gasteiger charge is -2.11. The van der Waals surface area contributed by atoms with E-state index >= 15 is 4.39 Å². The molecule has 0 aliphatic carbocycles. The second-order valence-electron chi connectivity index (χ2n) is 8.97. The second kappa shape index (κ2) is 7.81. The van der Waals surface area contributed by atoms with Crippen molar-refractivity contribution in [1.82, 2.24) is 9.13 Å². The first kappa shape index (κ1) is 20.9. The molecule has 0 atom stereocenters. The molecule has 2 heterocycles. The maximum atomic E-state index is 15.1. The number of fused-ring (bicyclic) bond motifs is 6. The van der Waals surface area contributed by atoms with Crippen LogP contribution in [0, 0.1) is 28.5 Å². The van der Waals surface area contributed by atoms with Gasteiger partial charge in [0.05, 0.1) is 33.3 Å². The SMILES string of the molecule is N#Cc1ccc(-n2c3ccccc3c3cc4c(cc32)c2ccccc2n4-c2ccccc2)c(C#N)c1F. The zero-order chi connectivity index (χ0) is 25.1. The molecule has 0 bridgehead atoms. The summed E-state index contributed by atoms with van der Waals surface area (Å²) in [6, 6.07) is 37.7. The molecule has 0 unspecified atom stereocenters. The first-order chi connectivity index (χ1) is 18.2. The van der Waals surface area contributed by atoms with E-state index in [0.29, 0.717) is 5.69 Å². The van der Waals surface area contributed by atoms with Gasteiger partial charge in [0.1, 0.15) is 17.7 Å². The summed E-state index contributed by atoms with van der Waals surface area (Å²) in [5.74, 6) is -0.796. The molecule has 0 aliphatic rings. The lowest BCUT2D eigenvalue weighted by Crippen LogP contribution is -2.01. The van der Waals surface area contributed by atoms with Crippen LogP contribution in [-0.2, 0) is 0 Å². The second-order valence-corrected chi connectivity index (χ2v) is 8.97. The molecule has 0 radical (unpaired) electrons. The number of benzene rings is 5. The Kier molecular flexibility index (Phi) is 4.42. The fourth-order valence-electron chi connectivity index (χ4n) is 5.49. The molecule has 172 valence electrons. The van der Waals surface area contributed by atoms with E-state index in [-0.39, 0.29) is 11.1 Å². The summed E-state index contributed by atoms with van der Waals surface area (Å²) in [4.78, 5) is 0. The average molecular weight is 477 g/mol. The predicted octanol–water partition coefficient (Wildman–Crippen LogP) is 7.76. The molecule has 0 amide bonds. The number of hydrogen-bond acceptors (Lipinski definition) is 2. The normalized spacial score (nSPS) is 11.3. The van der Waals surface area contributed by atoms with Gasteiger partial charge in [-0.15, -0.1) is 0 Å². The number of aromatic nitrogens is 2. The van der Waals surface area contributed by atoms with Gasteiger partial charge in [-0.25, -0.2) is 4.39 Å². The fraction of sp³-hybridized carbons (Fsp3) is 0. The maximum Gasteiger partial charge on any atom is 0.160 e. The minimum Gasteiger partial charge on any atom is -0.309 e. The summed E-state index contributed by atoms with van der Waals surface area (Å²) in [5, 5.41) is 23.4. The van der Waals surface area contributed by atoms with Crippen molar-refractivity contribution in [3.8, 4) is 23.5 Å². The number of halogens is 1. The van der Waals surface area contributed by atoms with Gasteiger partial charge < -0.3 is 9.13 Å². The van der Waals surface area contributed by atoms with Gasteiger partial charge in [-0.05, 0) is 48.5 Å². The van der Waals surface area contributed by atoms with Gasteiger partial charge in [-0.2, -0.15) is 10.5 Å². The standard InChI is InChI=1S/C32H17FN4/c33-32-20(18-34)14-15-29(26(32)19-35)37-28-13-7-5-11-23(28)25-16-30-24(17-31(25)37)22-10-4-6-12-27(22)36(30)21-8-2-1-3-9-21/h1-17H.